The van der Waals surface area contributed by atoms with Crippen molar-refractivity contribution < 1.29 is 9.59 Å². The Balaban J connectivity index is 2.12. The molecule has 2 amide bonds. The molecule has 2 N–H and O–H groups in total. The number of anilines is 1. The van der Waals surface area contributed by atoms with Crippen molar-refractivity contribution in [3.63, 3.8) is 0 Å². The van der Waals surface area contributed by atoms with E-state index in [2.05, 4.69) is 26.6 Å². The van der Waals surface area contributed by atoms with Crippen LogP contribution in [0.4, 0.5) is 5.69 Å². The summed E-state index contributed by atoms with van der Waals surface area (Å²) in [6, 6.07) is 14.5. The number of rotatable bonds is 4. The zero-order valence-electron chi connectivity index (χ0n) is 12.4. The summed E-state index contributed by atoms with van der Waals surface area (Å²) in [5.74, 6) is -0.352. The van der Waals surface area contributed by atoms with Gasteiger partial charge in [0.25, 0.3) is 5.91 Å². The normalized spacial score (nSPS) is 11.6. The maximum Gasteiger partial charge on any atom is 0.251 e. The van der Waals surface area contributed by atoms with Gasteiger partial charge in [-0.15, -0.1) is 0 Å². The number of amides is 2. The minimum Gasteiger partial charge on any atom is -0.345 e. The quantitative estimate of drug-likeness (QED) is 0.868. The summed E-state index contributed by atoms with van der Waals surface area (Å²) in [6.07, 6.45) is 0. The van der Waals surface area contributed by atoms with Gasteiger partial charge in [-0.05, 0) is 36.8 Å². The van der Waals surface area contributed by atoms with E-state index in [1.54, 1.807) is 24.3 Å². The van der Waals surface area contributed by atoms with Crippen molar-refractivity contribution in [2.24, 2.45) is 0 Å². The highest BCUT2D eigenvalue weighted by Gasteiger charge is 2.13. The molecule has 0 unspecified atom stereocenters. The van der Waals surface area contributed by atoms with Crippen molar-refractivity contribution in [2.75, 3.05) is 5.32 Å². The number of hydrogen-bond donors (Lipinski definition) is 2. The lowest BCUT2D eigenvalue weighted by Gasteiger charge is -2.16. The van der Waals surface area contributed by atoms with Crippen molar-refractivity contribution in [2.45, 2.75) is 19.9 Å². The SMILES string of the molecule is CC(=O)Nc1cccc(C(=O)N[C@H](C)c2ccccc2Br)c1. The first-order chi connectivity index (χ1) is 10.5. The lowest BCUT2D eigenvalue weighted by molar-refractivity contribution is -0.114. The second-order valence-electron chi connectivity index (χ2n) is 4.98. The van der Waals surface area contributed by atoms with E-state index in [4.69, 9.17) is 0 Å². The van der Waals surface area contributed by atoms with E-state index in [1.165, 1.54) is 6.92 Å². The lowest BCUT2D eigenvalue weighted by Crippen LogP contribution is -2.27. The third-order valence-electron chi connectivity index (χ3n) is 3.16. The third-order valence-corrected chi connectivity index (χ3v) is 3.89. The van der Waals surface area contributed by atoms with Gasteiger partial charge in [-0.2, -0.15) is 0 Å². The van der Waals surface area contributed by atoms with Gasteiger partial charge in [0.15, 0.2) is 0 Å². The predicted octanol–water partition coefficient (Wildman–Crippen LogP) is 3.90. The van der Waals surface area contributed by atoms with Crippen molar-refractivity contribution in [3.8, 4) is 0 Å². The van der Waals surface area contributed by atoms with Crippen LogP contribution in [0, 0.1) is 0 Å². The largest absolute Gasteiger partial charge is 0.345 e. The van der Waals surface area contributed by atoms with Crippen LogP contribution in [0.25, 0.3) is 0 Å². The van der Waals surface area contributed by atoms with Crippen LogP contribution in [0.5, 0.6) is 0 Å². The summed E-state index contributed by atoms with van der Waals surface area (Å²) in [5.41, 5.74) is 2.12. The second kappa shape index (κ2) is 7.22. The molecular weight excluding hydrogens is 344 g/mol. The molecule has 0 aromatic heterocycles. The number of carbonyl (C=O) groups excluding carboxylic acids is 2. The van der Waals surface area contributed by atoms with Crippen LogP contribution in [0.1, 0.15) is 35.8 Å². The molecule has 2 rings (SSSR count). The zero-order chi connectivity index (χ0) is 16.1. The number of benzene rings is 2. The molecule has 0 radical (unpaired) electrons. The number of hydrogen-bond acceptors (Lipinski definition) is 2. The van der Waals surface area contributed by atoms with E-state index < -0.39 is 0 Å². The molecule has 2 aromatic carbocycles. The van der Waals surface area contributed by atoms with Crippen LogP contribution < -0.4 is 10.6 Å². The summed E-state index contributed by atoms with van der Waals surface area (Å²) in [4.78, 5) is 23.4. The van der Waals surface area contributed by atoms with Gasteiger partial charge < -0.3 is 10.6 Å². The van der Waals surface area contributed by atoms with Gasteiger partial charge in [-0.25, -0.2) is 0 Å². The van der Waals surface area contributed by atoms with Crippen LogP contribution in [0.15, 0.2) is 53.0 Å². The van der Waals surface area contributed by atoms with Crippen LogP contribution in [0.2, 0.25) is 0 Å². The Bertz CT molecular complexity index is 701. The van der Waals surface area contributed by atoms with E-state index in [9.17, 15) is 9.59 Å². The highest BCUT2D eigenvalue weighted by atomic mass is 79.9. The summed E-state index contributed by atoms with van der Waals surface area (Å²) in [6.45, 7) is 3.36. The molecule has 5 heteroatoms. The monoisotopic (exact) mass is 360 g/mol. The smallest absolute Gasteiger partial charge is 0.251 e. The van der Waals surface area contributed by atoms with Crippen LogP contribution in [-0.4, -0.2) is 11.8 Å². The van der Waals surface area contributed by atoms with Gasteiger partial charge in [0.2, 0.25) is 5.91 Å². The standard InChI is InChI=1S/C17H17BrN2O2/c1-11(15-8-3-4-9-16(15)18)19-17(22)13-6-5-7-14(10-13)20-12(2)21/h3-11H,1-2H3,(H,19,22)(H,20,21)/t11-/m1/s1. The topological polar surface area (TPSA) is 58.2 Å². The Morgan fingerprint density at radius 2 is 1.82 bits per heavy atom. The molecular formula is C17H17BrN2O2. The van der Waals surface area contributed by atoms with E-state index in [0.29, 0.717) is 11.3 Å². The lowest BCUT2D eigenvalue weighted by atomic mass is 10.1. The molecule has 0 aliphatic carbocycles. The summed E-state index contributed by atoms with van der Waals surface area (Å²) >= 11 is 3.48. The fourth-order valence-electron chi connectivity index (χ4n) is 2.13. The Kier molecular flexibility index (Phi) is 5.33. The minimum absolute atomic E-state index is 0.132. The molecule has 0 fully saturated rings. The fourth-order valence-corrected chi connectivity index (χ4v) is 2.75. The molecule has 0 aliphatic rings. The van der Waals surface area contributed by atoms with Crippen LogP contribution >= 0.6 is 15.9 Å². The second-order valence-corrected chi connectivity index (χ2v) is 5.83. The Morgan fingerprint density at radius 1 is 1.09 bits per heavy atom. The molecule has 0 spiro atoms. The fraction of sp³-hybridized carbons (Fsp3) is 0.176. The molecule has 4 nitrogen and oxygen atoms in total. The average molecular weight is 361 g/mol. The molecule has 2 aromatic rings. The van der Waals surface area contributed by atoms with E-state index >= 15 is 0 Å². The molecule has 0 saturated carbocycles. The predicted molar refractivity (Wildman–Crippen MR) is 90.8 cm³/mol. The van der Waals surface area contributed by atoms with Gasteiger partial charge in [-0.1, -0.05) is 40.2 Å². The van der Waals surface area contributed by atoms with Crippen LogP contribution in [0.3, 0.4) is 0 Å². The summed E-state index contributed by atoms with van der Waals surface area (Å²) in [7, 11) is 0. The number of carbonyl (C=O) groups is 2. The van der Waals surface area contributed by atoms with E-state index in [1.807, 2.05) is 31.2 Å². The first-order valence-electron chi connectivity index (χ1n) is 6.90. The van der Waals surface area contributed by atoms with Crippen molar-refractivity contribution in [3.05, 3.63) is 64.1 Å². The van der Waals surface area contributed by atoms with Gasteiger partial charge in [0, 0.05) is 22.6 Å². The minimum atomic E-state index is -0.185. The average Bonchev–Trinajstić information content (AvgIpc) is 2.47. The number of nitrogens with one attached hydrogen (secondary N) is 2. The maximum atomic E-state index is 12.3. The molecule has 0 aliphatic heterocycles. The van der Waals surface area contributed by atoms with Gasteiger partial charge >= 0.3 is 0 Å². The molecule has 0 saturated heterocycles. The molecule has 0 bridgehead atoms. The highest BCUT2D eigenvalue weighted by Crippen LogP contribution is 2.23. The summed E-state index contributed by atoms with van der Waals surface area (Å²) in [5, 5.41) is 5.62. The van der Waals surface area contributed by atoms with Crippen molar-refractivity contribution in [1.82, 2.24) is 5.32 Å². The van der Waals surface area contributed by atoms with Crippen molar-refractivity contribution in [1.29, 1.82) is 0 Å². The zero-order valence-corrected chi connectivity index (χ0v) is 14.0. The Morgan fingerprint density at radius 3 is 2.50 bits per heavy atom. The molecule has 114 valence electrons. The molecule has 22 heavy (non-hydrogen) atoms. The van der Waals surface area contributed by atoms with E-state index in [-0.39, 0.29) is 17.9 Å². The first kappa shape index (κ1) is 16.2. The first-order valence-corrected chi connectivity index (χ1v) is 7.69. The Hall–Kier alpha value is -2.14. The third kappa shape index (κ3) is 4.18. The molecule has 1 atom stereocenters. The van der Waals surface area contributed by atoms with Crippen LogP contribution in [-0.2, 0) is 4.79 Å². The molecule has 0 heterocycles. The van der Waals surface area contributed by atoms with E-state index in [0.717, 1.165) is 10.0 Å². The van der Waals surface area contributed by atoms with Gasteiger partial charge in [-0.3, -0.25) is 9.59 Å². The highest BCUT2D eigenvalue weighted by molar-refractivity contribution is 9.10. The summed E-state index contributed by atoms with van der Waals surface area (Å²) < 4.78 is 0.954. The van der Waals surface area contributed by atoms with Gasteiger partial charge in [0.1, 0.15) is 0 Å². The number of halogens is 1. The Labute approximate surface area is 138 Å². The van der Waals surface area contributed by atoms with Gasteiger partial charge in [0.05, 0.1) is 6.04 Å². The van der Waals surface area contributed by atoms with Crippen molar-refractivity contribution >= 4 is 33.4 Å². The maximum absolute atomic E-state index is 12.3.